The molecular formula is C15H16N6O2S. The van der Waals surface area contributed by atoms with Crippen LogP contribution in [0.4, 0.5) is 4.79 Å². The van der Waals surface area contributed by atoms with Crippen molar-refractivity contribution in [2.75, 3.05) is 0 Å². The lowest BCUT2D eigenvalue weighted by Crippen LogP contribution is -2.39. The first-order valence-electron chi connectivity index (χ1n) is 7.40. The van der Waals surface area contributed by atoms with Crippen molar-refractivity contribution >= 4 is 45.8 Å². The second-order valence-electron chi connectivity index (χ2n) is 5.14. The van der Waals surface area contributed by atoms with Crippen LogP contribution in [0.5, 0.6) is 0 Å². The number of para-hydroxylation sites is 1. The Morgan fingerprint density at radius 1 is 1.33 bits per heavy atom. The Morgan fingerprint density at radius 3 is 2.79 bits per heavy atom. The monoisotopic (exact) mass is 344 g/mol. The summed E-state index contributed by atoms with van der Waals surface area (Å²) in [4.78, 5) is 27.1. The molecule has 1 unspecified atom stereocenters. The Kier molecular flexibility index (Phi) is 4.34. The minimum atomic E-state index is -0.881. The number of urea groups is 1. The Hall–Kier alpha value is -2.68. The van der Waals surface area contributed by atoms with Crippen molar-refractivity contribution in [1.29, 1.82) is 0 Å². The van der Waals surface area contributed by atoms with Crippen molar-refractivity contribution in [3.8, 4) is 0 Å². The van der Waals surface area contributed by atoms with E-state index >= 15 is 0 Å². The topological polar surface area (TPSA) is 116 Å². The Morgan fingerprint density at radius 2 is 2.08 bits per heavy atom. The molecule has 0 fully saturated rings. The van der Waals surface area contributed by atoms with Crippen molar-refractivity contribution in [2.45, 2.75) is 30.8 Å². The quantitative estimate of drug-likeness (QED) is 0.696. The molecule has 24 heavy (non-hydrogen) atoms. The Bertz CT molecular complexity index is 938. The molecule has 0 radical (unpaired) electrons. The molecule has 124 valence electrons. The number of primary amides is 1. The van der Waals surface area contributed by atoms with Crippen molar-refractivity contribution in [3.63, 3.8) is 0 Å². The summed E-state index contributed by atoms with van der Waals surface area (Å²) in [5.74, 6) is -0.493. The van der Waals surface area contributed by atoms with Crippen LogP contribution in [0.15, 0.2) is 29.4 Å². The molecule has 1 aromatic carbocycles. The molecule has 1 atom stereocenters. The lowest BCUT2D eigenvalue weighted by Gasteiger charge is -2.08. The molecule has 0 aliphatic carbocycles. The first-order chi connectivity index (χ1) is 11.5. The Balaban J connectivity index is 1.98. The van der Waals surface area contributed by atoms with E-state index in [0.29, 0.717) is 5.16 Å². The molecule has 8 nitrogen and oxygen atoms in total. The summed E-state index contributed by atoms with van der Waals surface area (Å²) in [5.41, 5.74) is 7.44. The van der Waals surface area contributed by atoms with Gasteiger partial charge in [-0.15, -0.1) is 10.2 Å². The summed E-state index contributed by atoms with van der Waals surface area (Å²) >= 11 is 1.12. The number of amides is 3. The first kappa shape index (κ1) is 16.2. The maximum absolute atomic E-state index is 11.8. The minimum Gasteiger partial charge on any atom is -0.351 e. The number of carbonyl (C=O) groups excluding carboxylic acids is 2. The fourth-order valence-electron chi connectivity index (χ4n) is 2.49. The molecule has 0 saturated carbocycles. The van der Waals surface area contributed by atoms with Gasteiger partial charge < -0.3 is 10.3 Å². The summed E-state index contributed by atoms with van der Waals surface area (Å²) in [6, 6.07) is 7.02. The van der Waals surface area contributed by atoms with Gasteiger partial charge in [-0.1, -0.05) is 30.0 Å². The van der Waals surface area contributed by atoms with E-state index in [1.165, 1.54) is 0 Å². The third-order valence-corrected chi connectivity index (χ3v) is 4.52. The fraction of sp³-hybridized carbons (Fsp3) is 0.267. The lowest BCUT2D eigenvalue weighted by atomic mass is 10.2. The molecule has 3 amide bonds. The highest BCUT2D eigenvalue weighted by molar-refractivity contribution is 8.00. The molecule has 2 heterocycles. The van der Waals surface area contributed by atoms with E-state index in [1.807, 2.05) is 36.5 Å². The normalized spacial score (nSPS) is 12.4. The smallest absolute Gasteiger partial charge is 0.318 e. The van der Waals surface area contributed by atoms with Crippen molar-refractivity contribution < 1.29 is 9.59 Å². The van der Waals surface area contributed by atoms with Crippen LogP contribution in [0.1, 0.15) is 13.8 Å². The van der Waals surface area contributed by atoms with Gasteiger partial charge in [-0.3, -0.25) is 10.1 Å². The summed E-state index contributed by atoms with van der Waals surface area (Å²) in [6.45, 7) is 4.42. The highest BCUT2D eigenvalue weighted by atomic mass is 32.2. The van der Waals surface area contributed by atoms with Gasteiger partial charge in [0.15, 0.2) is 5.65 Å². The van der Waals surface area contributed by atoms with Crippen LogP contribution in [0, 0.1) is 0 Å². The van der Waals surface area contributed by atoms with E-state index in [-0.39, 0.29) is 0 Å². The van der Waals surface area contributed by atoms with Crippen molar-refractivity contribution in [1.82, 2.24) is 25.1 Å². The maximum Gasteiger partial charge on any atom is 0.318 e. The highest BCUT2D eigenvalue weighted by Gasteiger charge is 2.19. The fourth-order valence-corrected chi connectivity index (χ4v) is 3.20. The van der Waals surface area contributed by atoms with E-state index in [4.69, 9.17) is 5.73 Å². The van der Waals surface area contributed by atoms with Crippen molar-refractivity contribution in [2.24, 2.45) is 5.73 Å². The number of nitrogens with one attached hydrogen (secondary N) is 1. The third-order valence-electron chi connectivity index (χ3n) is 3.57. The Labute approximate surface area is 141 Å². The zero-order valence-electron chi connectivity index (χ0n) is 13.2. The number of hydrogen-bond donors (Lipinski definition) is 2. The predicted octanol–water partition coefficient (Wildman–Crippen LogP) is 1.67. The van der Waals surface area contributed by atoms with Gasteiger partial charge in [0.25, 0.3) is 0 Å². The molecule has 0 aliphatic rings. The van der Waals surface area contributed by atoms with Gasteiger partial charge in [-0.25, -0.2) is 9.78 Å². The van der Waals surface area contributed by atoms with Crippen LogP contribution in [0.2, 0.25) is 0 Å². The predicted molar refractivity (Wildman–Crippen MR) is 91.5 cm³/mol. The number of hydrogen-bond acceptors (Lipinski definition) is 6. The van der Waals surface area contributed by atoms with Gasteiger partial charge in [0, 0.05) is 11.9 Å². The summed E-state index contributed by atoms with van der Waals surface area (Å²) in [6.07, 6.45) is 0. The number of carbonyl (C=O) groups is 2. The minimum absolute atomic E-state index is 0.368. The van der Waals surface area contributed by atoms with E-state index < -0.39 is 17.2 Å². The molecule has 3 rings (SSSR count). The molecule has 2 aromatic heterocycles. The standard InChI is InChI=1S/C15H16N6O2S/c1-3-21-10-7-5-4-6-9(10)11-12(21)17-15(20-19-11)24-8(2)13(22)18-14(16)23/h4-8H,3H2,1-2H3,(H3,16,18,22,23). The SMILES string of the molecule is CCn1c2ccccc2c2nnc(SC(C)C(=O)NC(N)=O)nc21. The summed E-state index contributed by atoms with van der Waals surface area (Å²) < 4.78 is 2.05. The van der Waals surface area contributed by atoms with Crippen LogP contribution >= 0.6 is 11.8 Å². The maximum atomic E-state index is 11.8. The van der Waals surface area contributed by atoms with E-state index in [1.54, 1.807) is 6.92 Å². The van der Waals surface area contributed by atoms with Gasteiger partial charge >= 0.3 is 6.03 Å². The van der Waals surface area contributed by atoms with Crippen LogP contribution in [0.3, 0.4) is 0 Å². The number of benzene rings is 1. The largest absolute Gasteiger partial charge is 0.351 e. The number of fused-ring (bicyclic) bond motifs is 3. The second kappa shape index (κ2) is 6.44. The number of rotatable bonds is 4. The summed E-state index contributed by atoms with van der Waals surface area (Å²) in [5, 5.41) is 11.2. The number of nitrogens with two attached hydrogens (primary N) is 1. The molecule has 0 saturated heterocycles. The van der Waals surface area contributed by atoms with Gasteiger partial charge in [-0.05, 0) is 19.9 Å². The highest BCUT2D eigenvalue weighted by Crippen LogP contribution is 2.27. The van der Waals surface area contributed by atoms with Gasteiger partial charge in [0.2, 0.25) is 11.1 Å². The van der Waals surface area contributed by atoms with Crippen LogP contribution in [0.25, 0.3) is 22.1 Å². The molecule has 0 bridgehead atoms. The molecule has 0 aliphatic heterocycles. The molecular weight excluding hydrogens is 328 g/mol. The van der Waals surface area contributed by atoms with Gasteiger partial charge in [-0.2, -0.15) is 0 Å². The van der Waals surface area contributed by atoms with Gasteiger partial charge in [0.05, 0.1) is 10.8 Å². The number of thioether (sulfide) groups is 1. The van der Waals surface area contributed by atoms with Crippen LogP contribution in [-0.4, -0.2) is 36.9 Å². The number of imide groups is 1. The molecule has 3 aromatic rings. The average molecular weight is 344 g/mol. The average Bonchev–Trinajstić information content (AvgIpc) is 2.87. The lowest BCUT2D eigenvalue weighted by molar-refractivity contribution is -0.119. The van der Waals surface area contributed by atoms with E-state index in [2.05, 4.69) is 19.7 Å². The number of aromatic nitrogens is 4. The first-order valence-corrected chi connectivity index (χ1v) is 8.27. The van der Waals surface area contributed by atoms with Crippen LogP contribution in [-0.2, 0) is 11.3 Å². The molecule has 3 N–H and O–H groups in total. The zero-order valence-corrected chi connectivity index (χ0v) is 14.0. The second-order valence-corrected chi connectivity index (χ2v) is 6.45. The van der Waals surface area contributed by atoms with Crippen LogP contribution < -0.4 is 11.1 Å². The summed E-state index contributed by atoms with van der Waals surface area (Å²) in [7, 11) is 0. The number of aryl methyl sites for hydroxylation is 1. The number of nitrogens with zero attached hydrogens (tertiary/aromatic N) is 4. The van der Waals surface area contributed by atoms with E-state index in [9.17, 15) is 9.59 Å². The molecule has 0 spiro atoms. The van der Waals surface area contributed by atoms with Crippen molar-refractivity contribution in [3.05, 3.63) is 24.3 Å². The molecule has 9 heteroatoms. The van der Waals surface area contributed by atoms with E-state index in [0.717, 1.165) is 40.4 Å². The zero-order chi connectivity index (χ0) is 17.3. The third kappa shape index (κ3) is 2.90. The van der Waals surface area contributed by atoms with Gasteiger partial charge in [0.1, 0.15) is 5.52 Å².